The number of ether oxygens (including phenoxy) is 1. The third-order valence-corrected chi connectivity index (χ3v) is 3.52. The summed E-state index contributed by atoms with van der Waals surface area (Å²) in [5, 5.41) is 0. The van der Waals surface area contributed by atoms with Crippen molar-refractivity contribution in [1.82, 2.24) is 0 Å². The molecule has 0 heterocycles. The van der Waals surface area contributed by atoms with E-state index in [1.165, 1.54) is 6.42 Å². The lowest BCUT2D eigenvalue weighted by molar-refractivity contribution is 0.200. The van der Waals surface area contributed by atoms with Crippen LogP contribution in [0.1, 0.15) is 26.7 Å². The molecule has 0 bridgehead atoms. The van der Waals surface area contributed by atoms with Gasteiger partial charge in [0, 0.05) is 25.5 Å². The molecule has 0 radical (unpaired) electrons. The predicted octanol–water partition coefficient (Wildman–Crippen LogP) is 2.13. The van der Waals surface area contributed by atoms with Gasteiger partial charge in [-0.1, -0.05) is 20.3 Å². The second kappa shape index (κ2) is 8.85. The van der Waals surface area contributed by atoms with Gasteiger partial charge in [-0.25, -0.2) is 0 Å². The zero-order valence-corrected chi connectivity index (χ0v) is 9.90. The fraction of sp³-hybridized carbons (Fsp3) is 1.00. The van der Waals surface area contributed by atoms with Crippen molar-refractivity contribution in [3.63, 3.8) is 0 Å². The minimum atomic E-state index is 0.359. The maximum Gasteiger partial charge on any atom is 0.0470 e. The highest BCUT2D eigenvalue weighted by Gasteiger charge is 2.09. The Labute approximate surface area is 86.6 Å². The molecule has 0 aromatic carbocycles. The maximum absolute atomic E-state index is 5.99. The molecular weight excluding hydrogens is 182 g/mol. The summed E-state index contributed by atoms with van der Waals surface area (Å²) in [5.74, 6) is 2.89. The molecule has 0 aliphatic carbocycles. The molecule has 0 fully saturated rings. The van der Waals surface area contributed by atoms with Crippen LogP contribution in [0.25, 0.3) is 0 Å². The lowest BCUT2D eigenvalue weighted by Gasteiger charge is -2.17. The van der Waals surface area contributed by atoms with E-state index in [9.17, 15) is 0 Å². The Morgan fingerprint density at radius 1 is 1.46 bits per heavy atom. The molecule has 0 rings (SSSR count). The second-order valence-electron chi connectivity index (χ2n) is 3.47. The van der Waals surface area contributed by atoms with Crippen LogP contribution in [-0.4, -0.2) is 31.3 Å². The van der Waals surface area contributed by atoms with Crippen LogP contribution in [0.4, 0.5) is 0 Å². The smallest absolute Gasteiger partial charge is 0.0470 e. The van der Waals surface area contributed by atoms with Crippen molar-refractivity contribution in [3.05, 3.63) is 0 Å². The van der Waals surface area contributed by atoms with E-state index in [1.54, 1.807) is 7.11 Å². The summed E-state index contributed by atoms with van der Waals surface area (Å²) in [7, 11) is 1.75. The third-order valence-electron chi connectivity index (χ3n) is 2.32. The van der Waals surface area contributed by atoms with Gasteiger partial charge >= 0.3 is 0 Å². The molecule has 0 spiro atoms. The Hall–Kier alpha value is 0.270. The number of methoxy groups -OCH3 is 1. The highest BCUT2D eigenvalue weighted by molar-refractivity contribution is 7.99. The van der Waals surface area contributed by atoms with Gasteiger partial charge in [0.2, 0.25) is 0 Å². The highest BCUT2D eigenvalue weighted by Crippen LogP contribution is 2.12. The molecule has 0 saturated carbocycles. The Kier molecular flexibility index (Phi) is 9.03. The Morgan fingerprint density at radius 2 is 2.15 bits per heavy atom. The maximum atomic E-state index is 5.99. The standard InChI is InChI=1S/C10H23NOS/c1-4-9(2)10(11)8-13-7-5-6-12-3/h9-10H,4-8,11H2,1-3H3. The lowest BCUT2D eigenvalue weighted by atomic mass is 10.0. The van der Waals surface area contributed by atoms with Crippen molar-refractivity contribution in [2.75, 3.05) is 25.2 Å². The molecule has 0 aliphatic heterocycles. The van der Waals surface area contributed by atoms with Gasteiger partial charge < -0.3 is 10.5 Å². The van der Waals surface area contributed by atoms with Gasteiger partial charge in [0.1, 0.15) is 0 Å². The highest BCUT2D eigenvalue weighted by atomic mass is 32.2. The van der Waals surface area contributed by atoms with Crippen molar-refractivity contribution >= 4 is 11.8 Å². The van der Waals surface area contributed by atoms with Crippen LogP contribution in [0.3, 0.4) is 0 Å². The minimum absolute atomic E-state index is 0.359. The number of thioether (sulfide) groups is 1. The average molecular weight is 205 g/mol. The van der Waals surface area contributed by atoms with Crippen LogP contribution in [-0.2, 0) is 4.74 Å². The van der Waals surface area contributed by atoms with Gasteiger partial charge in [0.05, 0.1) is 0 Å². The lowest BCUT2D eigenvalue weighted by Crippen LogP contribution is -2.30. The quantitative estimate of drug-likeness (QED) is 0.617. The molecule has 0 aromatic rings. The van der Waals surface area contributed by atoms with Crippen molar-refractivity contribution in [2.24, 2.45) is 11.7 Å². The van der Waals surface area contributed by atoms with E-state index in [0.717, 1.165) is 24.5 Å². The van der Waals surface area contributed by atoms with Gasteiger partial charge in [-0.15, -0.1) is 0 Å². The molecule has 2 nitrogen and oxygen atoms in total. The predicted molar refractivity (Wildman–Crippen MR) is 61.2 cm³/mol. The summed E-state index contributed by atoms with van der Waals surface area (Å²) in [4.78, 5) is 0. The number of nitrogens with two attached hydrogens (primary N) is 1. The molecule has 0 saturated heterocycles. The van der Waals surface area contributed by atoms with E-state index < -0.39 is 0 Å². The Balaban J connectivity index is 3.21. The van der Waals surface area contributed by atoms with E-state index >= 15 is 0 Å². The number of rotatable bonds is 8. The van der Waals surface area contributed by atoms with Crippen molar-refractivity contribution in [1.29, 1.82) is 0 Å². The van der Waals surface area contributed by atoms with Gasteiger partial charge in [0.15, 0.2) is 0 Å². The summed E-state index contributed by atoms with van der Waals surface area (Å²) in [6.07, 6.45) is 2.31. The van der Waals surface area contributed by atoms with E-state index in [0.29, 0.717) is 12.0 Å². The molecule has 3 heteroatoms. The van der Waals surface area contributed by atoms with Crippen molar-refractivity contribution < 1.29 is 4.74 Å². The van der Waals surface area contributed by atoms with Crippen molar-refractivity contribution in [2.45, 2.75) is 32.7 Å². The SMILES string of the molecule is CCC(C)C(N)CSCCCOC. The molecule has 2 atom stereocenters. The van der Waals surface area contributed by atoms with Gasteiger partial charge in [-0.3, -0.25) is 0 Å². The molecule has 80 valence electrons. The Morgan fingerprint density at radius 3 is 2.69 bits per heavy atom. The fourth-order valence-corrected chi connectivity index (χ4v) is 2.08. The van der Waals surface area contributed by atoms with E-state index in [2.05, 4.69) is 13.8 Å². The second-order valence-corrected chi connectivity index (χ2v) is 4.62. The first kappa shape index (κ1) is 13.3. The fourth-order valence-electron chi connectivity index (χ4n) is 0.992. The van der Waals surface area contributed by atoms with Gasteiger partial charge in [-0.2, -0.15) is 11.8 Å². The first-order valence-electron chi connectivity index (χ1n) is 5.04. The topological polar surface area (TPSA) is 35.2 Å². The molecule has 2 N–H and O–H groups in total. The van der Waals surface area contributed by atoms with Crippen LogP contribution in [0, 0.1) is 5.92 Å². The zero-order valence-electron chi connectivity index (χ0n) is 9.08. The molecule has 13 heavy (non-hydrogen) atoms. The van der Waals surface area contributed by atoms with Crippen LogP contribution in [0.5, 0.6) is 0 Å². The van der Waals surface area contributed by atoms with Crippen LogP contribution >= 0.6 is 11.8 Å². The van der Waals surface area contributed by atoms with Gasteiger partial charge in [-0.05, 0) is 18.1 Å². The van der Waals surface area contributed by atoms with Crippen molar-refractivity contribution in [3.8, 4) is 0 Å². The van der Waals surface area contributed by atoms with Crippen LogP contribution in [0.15, 0.2) is 0 Å². The Bertz CT molecular complexity index is 111. The van der Waals surface area contributed by atoms with Crippen LogP contribution < -0.4 is 5.73 Å². The normalized spacial score (nSPS) is 15.7. The average Bonchev–Trinajstić information content (AvgIpc) is 2.16. The molecule has 0 amide bonds. The first-order chi connectivity index (χ1) is 6.22. The van der Waals surface area contributed by atoms with E-state index in [4.69, 9.17) is 10.5 Å². The molecule has 0 aliphatic rings. The number of hydrogen-bond acceptors (Lipinski definition) is 3. The molecule has 2 unspecified atom stereocenters. The van der Waals surface area contributed by atoms with E-state index in [1.807, 2.05) is 11.8 Å². The molecular formula is C10H23NOS. The summed E-state index contributed by atoms with van der Waals surface area (Å²) >= 11 is 1.94. The number of hydrogen-bond donors (Lipinski definition) is 1. The zero-order chi connectivity index (χ0) is 10.1. The third kappa shape index (κ3) is 7.35. The summed E-state index contributed by atoms with van der Waals surface area (Å²) in [6.45, 7) is 5.28. The first-order valence-corrected chi connectivity index (χ1v) is 6.20. The summed E-state index contributed by atoms with van der Waals surface area (Å²) in [6, 6.07) is 0.359. The van der Waals surface area contributed by atoms with E-state index in [-0.39, 0.29) is 0 Å². The largest absolute Gasteiger partial charge is 0.385 e. The minimum Gasteiger partial charge on any atom is -0.385 e. The van der Waals surface area contributed by atoms with Crippen LogP contribution in [0.2, 0.25) is 0 Å². The summed E-state index contributed by atoms with van der Waals surface area (Å²) in [5.41, 5.74) is 5.99. The monoisotopic (exact) mass is 205 g/mol. The summed E-state index contributed by atoms with van der Waals surface area (Å²) < 4.78 is 4.97. The van der Waals surface area contributed by atoms with Gasteiger partial charge in [0.25, 0.3) is 0 Å². The molecule has 0 aromatic heterocycles.